The van der Waals surface area contributed by atoms with E-state index in [1.807, 2.05) is 13.8 Å². The molecule has 3 heterocycles. The first-order valence-corrected chi connectivity index (χ1v) is 10.7. The Morgan fingerprint density at radius 3 is 2.58 bits per heavy atom. The highest BCUT2D eigenvalue weighted by atomic mass is 32.2. The fourth-order valence-corrected chi connectivity index (χ4v) is 6.24. The summed E-state index contributed by atoms with van der Waals surface area (Å²) in [6, 6.07) is -0.0583. The van der Waals surface area contributed by atoms with Gasteiger partial charge in [0.2, 0.25) is 15.9 Å². The summed E-state index contributed by atoms with van der Waals surface area (Å²) in [6.45, 7) is 9.03. The molecule has 2 saturated heterocycles. The van der Waals surface area contributed by atoms with Gasteiger partial charge in [0.15, 0.2) is 0 Å². The van der Waals surface area contributed by atoms with Crippen molar-refractivity contribution in [2.75, 3.05) is 19.6 Å². The summed E-state index contributed by atoms with van der Waals surface area (Å²) in [7, 11) is -3.69. The Hall–Kier alpha value is -1.45. The average Bonchev–Trinajstić information content (AvgIpc) is 3.10. The molecule has 1 atom stereocenters. The van der Waals surface area contributed by atoms with Gasteiger partial charge in [0.25, 0.3) is 0 Å². The summed E-state index contributed by atoms with van der Waals surface area (Å²) in [5.41, 5.74) is 0.0783. The van der Waals surface area contributed by atoms with Gasteiger partial charge in [-0.1, -0.05) is 0 Å². The van der Waals surface area contributed by atoms with Crippen LogP contribution in [0.4, 0.5) is 0 Å². The second kappa shape index (κ2) is 6.94. The smallest absolute Gasteiger partial charge is 0.247 e. The molecule has 2 fully saturated rings. The monoisotopic (exact) mass is 383 g/mol. The summed E-state index contributed by atoms with van der Waals surface area (Å²) in [5, 5.41) is 10.6. The van der Waals surface area contributed by atoms with Gasteiger partial charge in [-0.05, 0) is 53.1 Å². The Morgan fingerprint density at radius 1 is 1.38 bits per heavy atom. The van der Waals surface area contributed by atoms with Crippen LogP contribution in [0.25, 0.3) is 0 Å². The predicted octanol–water partition coefficient (Wildman–Crippen LogP) is 0.794. The molecule has 26 heavy (non-hydrogen) atoms. The molecule has 0 saturated carbocycles. The highest BCUT2D eigenvalue weighted by molar-refractivity contribution is 7.89. The fraction of sp³-hybridized carbons (Fsp3) is 0.765. The van der Waals surface area contributed by atoms with Crippen LogP contribution in [0.1, 0.15) is 51.8 Å². The minimum Gasteiger partial charge on any atom is -0.352 e. The van der Waals surface area contributed by atoms with Crippen molar-refractivity contribution >= 4 is 15.9 Å². The molecule has 0 radical (unpaired) electrons. The first-order valence-electron chi connectivity index (χ1n) is 9.22. The molecule has 8 nitrogen and oxygen atoms in total. The third kappa shape index (κ3) is 3.39. The van der Waals surface area contributed by atoms with E-state index in [1.54, 1.807) is 22.1 Å². The number of amides is 1. The number of aryl methyl sites for hydroxylation is 1. The minimum atomic E-state index is -3.69. The van der Waals surface area contributed by atoms with E-state index in [1.165, 1.54) is 6.92 Å². The standard InChI is InChI=1S/C17H29N5O3S/c1-12(2)21-11-16(13(3)20-21)26(24,25)22-10-15(19-14(4)23)9-17(22)5-7-18-8-6-17/h11-12,15,18H,5-10H2,1-4H3,(H,19,23)/t15-/m0/s1. The number of piperidine rings is 1. The maximum absolute atomic E-state index is 13.5. The Kier molecular flexibility index (Phi) is 5.15. The molecule has 2 N–H and O–H groups in total. The maximum atomic E-state index is 13.5. The van der Waals surface area contributed by atoms with Crippen molar-refractivity contribution in [3.63, 3.8) is 0 Å². The molecule has 146 valence electrons. The Labute approximate surface area is 155 Å². The topological polar surface area (TPSA) is 96.3 Å². The number of rotatable bonds is 4. The highest BCUT2D eigenvalue weighted by Gasteiger charge is 2.52. The quantitative estimate of drug-likeness (QED) is 0.801. The van der Waals surface area contributed by atoms with Gasteiger partial charge in [0, 0.05) is 37.3 Å². The normalized spacial score (nSPS) is 23.7. The zero-order valence-corrected chi connectivity index (χ0v) is 16.8. The lowest BCUT2D eigenvalue weighted by molar-refractivity contribution is -0.119. The van der Waals surface area contributed by atoms with Crippen LogP contribution in [-0.2, 0) is 14.8 Å². The van der Waals surface area contributed by atoms with Gasteiger partial charge >= 0.3 is 0 Å². The van der Waals surface area contributed by atoms with Crippen LogP contribution in [0.5, 0.6) is 0 Å². The Balaban J connectivity index is 1.99. The van der Waals surface area contributed by atoms with E-state index < -0.39 is 15.6 Å². The zero-order valence-electron chi connectivity index (χ0n) is 15.9. The number of carbonyl (C=O) groups is 1. The third-order valence-electron chi connectivity index (χ3n) is 5.45. The second-order valence-electron chi connectivity index (χ2n) is 7.76. The summed E-state index contributed by atoms with van der Waals surface area (Å²) >= 11 is 0. The van der Waals surface area contributed by atoms with Crippen LogP contribution in [0.2, 0.25) is 0 Å². The van der Waals surface area contributed by atoms with Gasteiger partial charge < -0.3 is 10.6 Å². The van der Waals surface area contributed by atoms with E-state index in [2.05, 4.69) is 15.7 Å². The number of nitrogens with zero attached hydrogens (tertiary/aromatic N) is 3. The van der Waals surface area contributed by atoms with Gasteiger partial charge in [-0.2, -0.15) is 9.40 Å². The molecule has 1 amide bonds. The van der Waals surface area contributed by atoms with Crippen LogP contribution in [0.15, 0.2) is 11.1 Å². The van der Waals surface area contributed by atoms with E-state index in [0.29, 0.717) is 18.7 Å². The van der Waals surface area contributed by atoms with Crippen molar-refractivity contribution in [3.05, 3.63) is 11.9 Å². The molecule has 9 heteroatoms. The largest absolute Gasteiger partial charge is 0.352 e. The minimum absolute atomic E-state index is 0.0937. The lowest BCUT2D eigenvalue weighted by Gasteiger charge is -2.40. The Bertz CT molecular complexity index is 780. The van der Waals surface area contributed by atoms with Crippen LogP contribution in [-0.4, -0.2) is 59.6 Å². The van der Waals surface area contributed by atoms with Crippen molar-refractivity contribution in [3.8, 4) is 0 Å². The lowest BCUT2D eigenvalue weighted by atomic mass is 9.86. The summed E-state index contributed by atoms with van der Waals surface area (Å²) in [5.74, 6) is -0.123. The Morgan fingerprint density at radius 2 is 2.04 bits per heavy atom. The molecule has 0 unspecified atom stereocenters. The van der Waals surface area contributed by atoms with Crippen molar-refractivity contribution in [1.29, 1.82) is 0 Å². The zero-order chi connectivity index (χ0) is 19.1. The van der Waals surface area contributed by atoms with Crippen molar-refractivity contribution in [2.45, 2.75) is 69.5 Å². The van der Waals surface area contributed by atoms with Gasteiger partial charge in [0.05, 0.1) is 5.69 Å². The summed E-state index contributed by atoms with van der Waals surface area (Å²) in [6.07, 6.45) is 3.79. The van der Waals surface area contributed by atoms with Gasteiger partial charge in [-0.15, -0.1) is 0 Å². The number of hydrogen-bond donors (Lipinski definition) is 2. The van der Waals surface area contributed by atoms with E-state index in [4.69, 9.17) is 0 Å². The SMILES string of the molecule is CC(=O)N[C@@H]1CN(S(=O)(=O)c2cn(C(C)C)nc2C)C2(CCNCC2)C1. The molecular weight excluding hydrogens is 354 g/mol. The molecule has 1 aromatic rings. The lowest BCUT2D eigenvalue weighted by Crippen LogP contribution is -2.53. The molecular formula is C17H29N5O3S. The molecule has 0 aliphatic carbocycles. The number of nitrogens with one attached hydrogen (secondary N) is 2. The van der Waals surface area contributed by atoms with Crippen LogP contribution >= 0.6 is 0 Å². The van der Waals surface area contributed by atoms with Gasteiger partial charge in [0.1, 0.15) is 4.90 Å². The van der Waals surface area contributed by atoms with Crippen molar-refractivity contribution in [2.24, 2.45) is 0 Å². The van der Waals surface area contributed by atoms with Crippen LogP contribution < -0.4 is 10.6 Å². The molecule has 1 aromatic heterocycles. The summed E-state index contributed by atoms with van der Waals surface area (Å²) in [4.78, 5) is 11.8. The average molecular weight is 384 g/mol. The number of sulfonamides is 1. The highest BCUT2D eigenvalue weighted by Crippen LogP contribution is 2.41. The van der Waals surface area contributed by atoms with Crippen molar-refractivity contribution in [1.82, 2.24) is 24.7 Å². The molecule has 0 aromatic carbocycles. The molecule has 2 aliphatic heterocycles. The van der Waals surface area contributed by atoms with Gasteiger partial charge in [-0.25, -0.2) is 8.42 Å². The van der Waals surface area contributed by atoms with E-state index in [9.17, 15) is 13.2 Å². The number of hydrogen-bond acceptors (Lipinski definition) is 5. The molecule has 3 rings (SSSR count). The number of carbonyl (C=O) groups excluding carboxylic acids is 1. The second-order valence-corrected chi connectivity index (χ2v) is 9.60. The van der Waals surface area contributed by atoms with E-state index in [-0.39, 0.29) is 22.9 Å². The fourth-order valence-electron chi connectivity index (χ4n) is 4.20. The van der Waals surface area contributed by atoms with Crippen molar-refractivity contribution < 1.29 is 13.2 Å². The first kappa shape index (κ1) is 19.3. The van der Waals surface area contributed by atoms with E-state index >= 15 is 0 Å². The van der Waals surface area contributed by atoms with Gasteiger partial charge in [-0.3, -0.25) is 9.48 Å². The molecule has 0 bridgehead atoms. The number of aromatic nitrogens is 2. The van der Waals surface area contributed by atoms with E-state index in [0.717, 1.165) is 25.9 Å². The maximum Gasteiger partial charge on any atom is 0.247 e. The predicted molar refractivity (Wildman–Crippen MR) is 98.3 cm³/mol. The molecule has 1 spiro atoms. The van der Waals surface area contributed by atoms with Crippen LogP contribution in [0.3, 0.4) is 0 Å². The first-order chi connectivity index (χ1) is 12.2. The summed E-state index contributed by atoms with van der Waals surface area (Å²) < 4.78 is 30.4. The third-order valence-corrected chi connectivity index (χ3v) is 7.53. The van der Waals surface area contributed by atoms with Crippen LogP contribution in [0, 0.1) is 6.92 Å². The molecule has 2 aliphatic rings.